The molecule has 1 fully saturated rings. The van der Waals surface area contributed by atoms with Gasteiger partial charge in [-0.3, -0.25) is 14.8 Å². The summed E-state index contributed by atoms with van der Waals surface area (Å²) in [4.78, 5) is 27.8. The van der Waals surface area contributed by atoms with Gasteiger partial charge in [0.15, 0.2) is 0 Å². The minimum absolute atomic E-state index is 0.0887. The van der Waals surface area contributed by atoms with Gasteiger partial charge >= 0.3 is 0 Å². The van der Waals surface area contributed by atoms with Gasteiger partial charge in [0.25, 0.3) is 5.91 Å². The topological polar surface area (TPSA) is 88.1 Å². The monoisotopic (exact) mass is 424 g/mol. The first-order chi connectivity index (χ1) is 14.9. The van der Waals surface area contributed by atoms with Crippen molar-refractivity contribution >= 4 is 11.8 Å². The fourth-order valence-corrected chi connectivity index (χ4v) is 4.48. The molecule has 2 atom stereocenters. The molecule has 4 rings (SSSR count). The number of nitrogens with one attached hydrogen (secondary N) is 1. The van der Waals surface area contributed by atoms with E-state index in [4.69, 9.17) is 14.7 Å². The Hall–Kier alpha value is -2.90. The molecule has 2 N–H and O–H groups in total. The van der Waals surface area contributed by atoms with Crippen LogP contribution in [0.25, 0.3) is 0 Å². The minimum atomic E-state index is -0.606. The van der Waals surface area contributed by atoms with E-state index in [0.717, 1.165) is 11.1 Å². The third-order valence-corrected chi connectivity index (χ3v) is 6.51. The summed E-state index contributed by atoms with van der Waals surface area (Å²) in [5, 5.41) is 8.97. The summed E-state index contributed by atoms with van der Waals surface area (Å²) in [5.74, 6) is 0.0262. The Kier molecular flexibility index (Phi) is 5.98. The zero-order chi connectivity index (χ0) is 22.0. The summed E-state index contributed by atoms with van der Waals surface area (Å²) in [7, 11) is 0. The Morgan fingerprint density at radius 1 is 1.13 bits per heavy atom. The van der Waals surface area contributed by atoms with E-state index in [0.29, 0.717) is 37.4 Å². The Morgan fingerprint density at radius 3 is 2.52 bits per heavy atom. The van der Waals surface area contributed by atoms with Crippen molar-refractivity contribution in [3.05, 3.63) is 65.2 Å². The molecule has 2 heterocycles. The summed E-state index contributed by atoms with van der Waals surface area (Å²) < 4.78 is 11.7. The molecule has 2 aromatic rings. The lowest BCUT2D eigenvalue weighted by Gasteiger charge is -2.42. The average molecular weight is 424 g/mol. The molecule has 2 aliphatic rings. The number of ether oxygens (including phenoxy) is 2. The molecule has 31 heavy (non-hydrogen) atoms. The van der Waals surface area contributed by atoms with Crippen molar-refractivity contribution in [1.29, 1.82) is 0 Å². The summed E-state index contributed by atoms with van der Waals surface area (Å²) >= 11 is 0. The quantitative estimate of drug-likeness (QED) is 0.580. The number of fused-ring (bicyclic) bond motifs is 1. The average Bonchev–Trinajstić information content (AvgIpc) is 2.95. The molecule has 7 heteroatoms. The lowest BCUT2D eigenvalue weighted by atomic mass is 9.79. The summed E-state index contributed by atoms with van der Waals surface area (Å²) in [6, 6.07) is 14.4. The summed E-state index contributed by atoms with van der Waals surface area (Å²) in [5.41, 5.74) is 3.28. The first-order valence-corrected chi connectivity index (χ1v) is 10.6. The molecule has 1 saturated heterocycles. The molecule has 2 aliphatic heterocycles. The Labute approximate surface area is 181 Å². The van der Waals surface area contributed by atoms with E-state index in [9.17, 15) is 9.59 Å². The van der Waals surface area contributed by atoms with Crippen LogP contribution >= 0.6 is 0 Å². The van der Waals surface area contributed by atoms with Crippen LogP contribution in [0.2, 0.25) is 0 Å². The van der Waals surface area contributed by atoms with Crippen LogP contribution in [0, 0.1) is 5.41 Å². The van der Waals surface area contributed by atoms with Gasteiger partial charge in [-0.25, -0.2) is 5.48 Å². The van der Waals surface area contributed by atoms with Crippen molar-refractivity contribution in [2.24, 2.45) is 5.41 Å². The number of carbonyl (C=O) groups is 2. The third kappa shape index (κ3) is 4.03. The van der Waals surface area contributed by atoms with Crippen molar-refractivity contribution in [3.63, 3.8) is 0 Å². The lowest BCUT2D eigenvalue weighted by Crippen LogP contribution is -2.48. The second kappa shape index (κ2) is 8.69. The number of amides is 2. The summed E-state index contributed by atoms with van der Waals surface area (Å²) in [6.45, 7) is 5.44. The number of rotatable bonds is 3. The number of hydroxylamine groups is 1. The highest BCUT2D eigenvalue weighted by Gasteiger charge is 2.44. The number of benzene rings is 2. The van der Waals surface area contributed by atoms with Crippen LogP contribution in [-0.4, -0.2) is 41.7 Å². The van der Waals surface area contributed by atoms with Gasteiger partial charge in [0.1, 0.15) is 12.4 Å². The molecular formula is C24H28N2O5. The highest BCUT2D eigenvalue weighted by molar-refractivity contribution is 5.94. The van der Waals surface area contributed by atoms with Crippen LogP contribution in [0.5, 0.6) is 5.75 Å². The molecule has 0 bridgehead atoms. The first kappa shape index (κ1) is 21.3. The number of hydrogen-bond donors (Lipinski definition) is 2. The zero-order valence-corrected chi connectivity index (χ0v) is 17.8. The lowest BCUT2D eigenvalue weighted by molar-refractivity contribution is -0.152. The maximum Gasteiger partial charge on any atom is 0.274 e. The number of hydrogen-bond acceptors (Lipinski definition) is 5. The van der Waals surface area contributed by atoms with Crippen molar-refractivity contribution in [3.8, 4) is 5.75 Å². The van der Waals surface area contributed by atoms with Gasteiger partial charge in [0, 0.05) is 24.3 Å². The predicted molar refractivity (Wildman–Crippen MR) is 114 cm³/mol. The molecular weight excluding hydrogens is 396 g/mol. The van der Waals surface area contributed by atoms with E-state index in [1.165, 1.54) is 0 Å². The zero-order valence-electron chi connectivity index (χ0n) is 17.8. The van der Waals surface area contributed by atoms with Crippen LogP contribution in [0.3, 0.4) is 0 Å². The minimum Gasteiger partial charge on any atom is -0.491 e. The third-order valence-electron chi connectivity index (χ3n) is 6.51. The van der Waals surface area contributed by atoms with Gasteiger partial charge in [0.2, 0.25) is 5.91 Å². The van der Waals surface area contributed by atoms with Gasteiger partial charge in [-0.05, 0) is 37.5 Å². The fourth-order valence-electron chi connectivity index (χ4n) is 4.48. The van der Waals surface area contributed by atoms with Gasteiger partial charge in [-0.1, -0.05) is 43.3 Å². The maximum absolute atomic E-state index is 14.0. The maximum atomic E-state index is 14.0. The SMILES string of the molecule is CC1c2ccc(C(=O)NO)cc2OCC(c2ccccc2)N1C(=O)C1(C)CCOCC1. The van der Waals surface area contributed by atoms with E-state index in [2.05, 4.69) is 0 Å². The molecule has 164 valence electrons. The standard InChI is InChI=1S/C24H28N2O5/c1-16-19-9-8-18(22(27)25-29)14-21(19)31-15-20(17-6-4-3-5-7-17)26(16)23(28)24(2)10-12-30-13-11-24/h3-9,14,16,20,29H,10-13,15H2,1-2H3,(H,25,27). The normalized spacial score (nSPS) is 22.6. The smallest absolute Gasteiger partial charge is 0.274 e. The Bertz CT molecular complexity index is 956. The van der Waals surface area contributed by atoms with Crippen LogP contribution in [0.15, 0.2) is 48.5 Å². The Balaban J connectivity index is 1.77. The van der Waals surface area contributed by atoms with Gasteiger partial charge < -0.3 is 14.4 Å². The number of carbonyl (C=O) groups excluding carboxylic acids is 2. The Morgan fingerprint density at radius 2 is 1.84 bits per heavy atom. The molecule has 0 aliphatic carbocycles. The molecule has 0 radical (unpaired) electrons. The van der Waals surface area contributed by atoms with Gasteiger partial charge in [-0.2, -0.15) is 0 Å². The second-order valence-corrected chi connectivity index (χ2v) is 8.49. The molecule has 0 spiro atoms. The van der Waals surface area contributed by atoms with Crippen molar-refractivity contribution in [2.45, 2.75) is 38.8 Å². The van der Waals surface area contributed by atoms with Crippen LogP contribution in [0.4, 0.5) is 0 Å². The van der Waals surface area contributed by atoms with Crippen molar-refractivity contribution in [1.82, 2.24) is 10.4 Å². The van der Waals surface area contributed by atoms with E-state index in [-0.39, 0.29) is 24.6 Å². The predicted octanol–water partition coefficient (Wildman–Crippen LogP) is 3.65. The molecule has 2 aromatic carbocycles. The summed E-state index contributed by atoms with van der Waals surface area (Å²) in [6.07, 6.45) is 1.36. The van der Waals surface area contributed by atoms with E-state index < -0.39 is 11.3 Å². The first-order valence-electron chi connectivity index (χ1n) is 10.6. The highest BCUT2D eigenvalue weighted by atomic mass is 16.5. The van der Waals surface area contributed by atoms with E-state index in [1.807, 2.05) is 49.1 Å². The molecule has 0 aromatic heterocycles. The van der Waals surface area contributed by atoms with E-state index in [1.54, 1.807) is 23.7 Å². The van der Waals surface area contributed by atoms with Crippen LogP contribution in [-0.2, 0) is 9.53 Å². The van der Waals surface area contributed by atoms with Gasteiger partial charge in [-0.15, -0.1) is 0 Å². The number of nitrogens with zero attached hydrogens (tertiary/aromatic N) is 1. The van der Waals surface area contributed by atoms with Gasteiger partial charge in [0.05, 0.1) is 17.5 Å². The second-order valence-electron chi connectivity index (χ2n) is 8.49. The van der Waals surface area contributed by atoms with Crippen molar-refractivity contribution in [2.75, 3.05) is 19.8 Å². The van der Waals surface area contributed by atoms with E-state index >= 15 is 0 Å². The highest BCUT2D eigenvalue weighted by Crippen LogP contribution is 2.43. The molecule has 2 unspecified atom stereocenters. The van der Waals surface area contributed by atoms with Crippen LogP contribution in [0.1, 0.15) is 60.3 Å². The molecule has 2 amide bonds. The molecule has 0 saturated carbocycles. The molecule has 7 nitrogen and oxygen atoms in total. The largest absolute Gasteiger partial charge is 0.491 e. The fraction of sp³-hybridized carbons (Fsp3) is 0.417. The van der Waals surface area contributed by atoms with Crippen molar-refractivity contribution < 1.29 is 24.3 Å². The van der Waals surface area contributed by atoms with Crippen LogP contribution < -0.4 is 10.2 Å².